The maximum atomic E-state index is 9.43. The number of hydrogen-bond donors (Lipinski definition) is 2. The van der Waals surface area contributed by atoms with Crippen molar-refractivity contribution in [2.75, 3.05) is 0 Å². The second-order valence-electron chi connectivity index (χ2n) is 3.08. The zero-order chi connectivity index (χ0) is 7.61. The first-order chi connectivity index (χ1) is 4.69. The molecule has 0 unspecified atom stereocenters. The summed E-state index contributed by atoms with van der Waals surface area (Å²) in [5.41, 5.74) is 5.33. The van der Waals surface area contributed by atoms with Crippen molar-refractivity contribution in [1.82, 2.24) is 0 Å². The van der Waals surface area contributed by atoms with Gasteiger partial charge in [-0.05, 0) is 12.8 Å². The van der Waals surface area contributed by atoms with Crippen LogP contribution in [0.1, 0.15) is 25.7 Å². The summed E-state index contributed by atoms with van der Waals surface area (Å²) < 4.78 is 0. The van der Waals surface area contributed by atoms with Gasteiger partial charge in [0.05, 0.1) is 11.6 Å². The molecule has 0 bridgehead atoms. The average molecular weight is 141 g/mol. The van der Waals surface area contributed by atoms with Crippen molar-refractivity contribution >= 4 is 0 Å². The molecule has 0 radical (unpaired) electrons. The Balaban J connectivity index is 2.62. The fourth-order valence-corrected chi connectivity index (χ4v) is 1.44. The molecule has 2 heteroatoms. The van der Waals surface area contributed by atoms with Gasteiger partial charge in [-0.2, -0.15) is 0 Å². The molecule has 10 heavy (non-hydrogen) atoms. The van der Waals surface area contributed by atoms with Crippen LogP contribution in [0.2, 0.25) is 0 Å². The molecule has 1 aliphatic carbocycles. The van der Waals surface area contributed by atoms with E-state index < -0.39 is 5.54 Å². The normalized spacial score (nSPS) is 41.2. The molecule has 1 rings (SSSR count). The Morgan fingerprint density at radius 2 is 2.30 bits per heavy atom. The summed E-state index contributed by atoms with van der Waals surface area (Å²) in [5.74, 6) is 0. The molecule has 0 aliphatic heterocycles. The van der Waals surface area contributed by atoms with Crippen molar-refractivity contribution in [3.8, 4) is 0 Å². The summed E-state index contributed by atoms with van der Waals surface area (Å²) in [4.78, 5) is 0. The van der Waals surface area contributed by atoms with Gasteiger partial charge in [0.25, 0.3) is 0 Å². The lowest BCUT2D eigenvalue weighted by atomic mass is 9.80. The predicted molar refractivity (Wildman–Crippen MR) is 41.6 cm³/mol. The number of rotatable bonds is 1. The third-order valence-electron chi connectivity index (χ3n) is 2.34. The molecule has 3 N–H and O–H groups in total. The van der Waals surface area contributed by atoms with E-state index in [2.05, 4.69) is 6.58 Å². The maximum absolute atomic E-state index is 9.43. The second-order valence-corrected chi connectivity index (χ2v) is 3.08. The van der Waals surface area contributed by atoms with Crippen LogP contribution in [-0.2, 0) is 0 Å². The van der Waals surface area contributed by atoms with E-state index in [4.69, 9.17) is 5.73 Å². The Labute approximate surface area is 61.7 Å². The highest BCUT2D eigenvalue weighted by atomic mass is 16.3. The Morgan fingerprint density at radius 3 is 2.70 bits per heavy atom. The van der Waals surface area contributed by atoms with Gasteiger partial charge in [-0.25, -0.2) is 0 Å². The smallest absolute Gasteiger partial charge is 0.0755 e. The second kappa shape index (κ2) is 2.72. The van der Waals surface area contributed by atoms with Gasteiger partial charge in [0.1, 0.15) is 0 Å². The molecule has 58 valence electrons. The maximum Gasteiger partial charge on any atom is 0.0755 e. The van der Waals surface area contributed by atoms with E-state index in [0.29, 0.717) is 0 Å². The highest BCUT2D eigenvalue weighted by Gasteiger charge is 2.32. The Bertz CT molecular complexity index is 135. The summed E-state index contributed by atoms with van der Waals surface area (Å²) in [6.07, 6.45) is 5.20. The SMILES string of the molecule is C=C[C@@]1(N)CCCC[C@H]1O. The summed E-state index contributed by atoms with van der Waals surface area (Å²) >= 11 is 0. The van der Waals surface area contributed by atoms with Gasteiger partial charge < -0.3 is 10.8 Å². The number of aliphatic hydroxyl groups is 1. The quantitative estimate of drug-likeness (QED) is 0.531. The number of hydrogen-bond acceptors (Lipinski definition) is 2. The van der Waals surface area contributed by atoms with Gasteiger partial charge in [-0.3, -0.25) is 0 Å². The Morgan fingerprint density at radius 1 is 1.60 bits per heavy atom. The van der Waals surface area contributed by atoms with Crippen LogP contribution < -0.4 is 5.73 Å². The molecular weight excluding hydrogens is 126 g/mol. The molecular formula is C8H15NO. The first-order valence-electron chi connectivity index (χ1n) is 3.79. The molecule has 0 saturated heterocycles. The van der Waals surface area contributed by atoms with E-state index in [9.17, 15) is 5.11 Å². The van der Waals surface area contributed by atoms with Crippen LogP contribution in [0.25, 0.3) is 0 Å². The molecule has 2 atom stereocenters. The highest BCUT2D eigenvalue weighted by Crippen LogP contribution is 2.26. The number of nitrogens with two attached hydrogens (primary N) is 1. The van der Waals surface area contributed by atoms with Crippen molar-refractivity contribution in [2.24, 2.45) is 5.73 Å². The Hall–Kier alpha value is -0.340. The van der Waals surface area contributed by atoms with Crippen LogP contribution in [0, 0.1) is 0 Å². The summed E-state index contributed by atoms with van der Waals surface area (Å²) in [7, 11) is 0. The first kappa shape index (κ1) is 7.76. The molecule has 0 amide bonds. The van der Waals surface area contributed by atoms with Crippen LogP contribution in [0.5, 0.6) is 0 Å². The van der Waals surface area contributed by atoms with Gasteiger partial charge in [-0.15, -0.1) is 6.58 Å². The fraction of sp³-hybridized carbons (Fsp3) is 0.750. The van der Waals surface area contributed by atoms with Gasteiger partial charge in [-0.1, -0.05) is 18.9 Å². The van der Waals surface area contributed by atoms with E-state index >= 15 is 0 Å². The monoisotopic (exact) mass is 141 g/mol. The minimum atomic E-state index is -0.502. The lowest BCUT2D eigenvalue weighted by Crippen LogP contribution is -2.50. The molecule has 1 saturated carbocycles. The molecule has 1 aliphatic rings. The molecule has 0 aromatic rings. The van der Waals surface area contributed by atoms with Gasteiger partial charge in [0.15, 0.2) is 0 Å². The van der Waals surface area contributed by atoms with Crippen LogP contribution in [0.4, 0.5) is 0 Å². The lowest BCUT2D eigenvalue weighted by Gasteiger charge is -2.35. The molecule has 0 aromatic carbocycles. The van der Waals surface area contributed by atoms with Crippen molar-refractivity contribution < 1.29 is 5.11 Å². The highest BCUT2D eigenvalue weighted by molar-refractivity contribution is 5.06. The third-order valence-corrected chi connectivity index (χ3v) is 2.34. The van der Waals surface area contributed by atoms with Gasteiger partial charge in [0.2, 0.25) is 0 Å². The summed E-state index contributed by atoms with van der Waals surface area (Å²) in [6, 6.07) is 0. The molecule has 0 heterocycles. The standard InChI is InChI=1S/C8H15NO/c1-2-8(9)6-4-3-5-7(8)10/h2,7,10H,1,3-6,9H2/t7-,8-/m1/s1. The minimum absolute atomic E-state index is 0.376. The Kier molecular flexibility index (Phi) is 2.11. The minimum Gasteiger partial charge on any atom is -0.391 e. The number of aliphatic hydroxyl groups excluding tert-OH is 1. The van der Waals surface area contributed by atoms with E-state index in [1.807, 2.05) is 0 Å². The van der Waals surface area contributed by atoms with Crippen LogP contribution in [0.15, 0.2) is 12.7 Å². The molecule has 0 aromatic heterocycles. The van der Waals surface area contributed by atoms with Crippen molar-refractivity contribution in [3.05, 3.63) is 12.7 Å². The van der Waals surface area contributed by atoms with Crippen LogP contribution in [-0.4, -0.2) is 16.7 Å². The molecule has 1 fully saturated rings. The predicted octanol–water partition coefficient (Wildman–Crippen LogP) is 0.805. The van der Waals surface area contributed by atoms with E-state index in [-0.39, 0.29) is 6.10 Å². The van der Waals surface area contributed by atoms with E-state index in [1.165, 1.54) is 0 Å². The fourth-order valence-electron chi connectivity index (χ4n) is 1.44. The topological polar surface area (TPSA) is 46.2 Å². The molecule has 0 spiro atoms. The van der Waals surface area contributed by atoms with Crippen molar-refractivity contribution in [1.29, 1.82) is 0 Å². The van der Waals surface area contributed by atoms with Gasteiger partial charge in [0, 0.05) is 0 Å². The third kappa shape index (κ3) is 1.22. The van der Waals surface area contributed by atoms with E-state index in [0.717, 1.165) is 25.7 Å². The summed E-state index contributed by atoms with van der Waals surface area (Å²) in [6.45, 7) is 3.62. The lowest BCUT2D eigenvalue weighted by molar-refractivity contribution is 0.0725. The zero-order valence-corrected chi connectivity index (χ0v) is 6.21. The van der Waals surface area contributed by atoms with Crippen molar-refractivity contribution in [3.63, 3.8) is 0 Å². The van der Waals surface area contributed by atoms with Crippen LogP contribution >= 0.6 is 0 Å². The average Bonchev–Trinajstić information content (AvgIpc) is 1.96. The van der Waals surface area contributed by atoms with Crippen LogP contribution in [0.3, 0.4) is 0 Å². The van der Waals surface area contributed by atoms with Gasteiger partial charge >= 0.3 is 0 Å². The van der Waals surface area contributed by atoms with Crippen molar-refractivity contribution in [2.45, 2.75) is 37.3 Å². The zero-order valence-electron chi connectivity index (χ0n) is 6.21. The molecule has 2 nitrogen and oxygen atoms in total. The largest absolute Gasteiger partial charge is 0.391 e. The summed E-state index contributed by atoms with van der Waals surface area (Å²) in [5, 5.41) is 9.43. The van der Waals surface area contributed by atoms with E-state index in [1.54, 1.807) is 6.08 Å². The first-order valence-corrected chi connectivity index (χ1v) is 3.79.